The summed E-state index contributed by atoms with van der Waals surface area (Å²) in [5.41, 5.74) is 2.32. The molecule has 1 aliphatic heterocycles. The van der Waals surface area contributed by atoms with Crippen molar-refractivity contribution in [2.24, 2.45) is 0 Å². The Morgan fingerprint density at radius 1 is 1.09 bits per heavy atom. The molecule has 2 aromatic carbocycles. The second-order valence-corrected chi connectivity index (χ2v) is 10.1. The third-order valence-electron chi connectivity index (χ3n) is 6.60. The molecule has 0 saturated carbocycles. The molecule has 184 valence electrons. The van der Waals surface area contributed by atoms with Crippen molar-refractivity contribution < 1.29 is 18.6 Å². The van der Waals surface area contributed by atoms with Gasteiger partial charge in [0.15, 0.2) is 23.1 Å². The maximum Gasteiger partial charge on any atom is 0.230 e. The van der Waals surface area contributed by atoms with Gasteiger partial charge in [0.25, 0.3) is 0 Å². The maximum absolute atomic E-state index is 15.1. The Morgan fingerprint density at radius 3 is 2.69 bits per heavy atom. The first-order valence-electron chi connectivity index (χ1n) is 11.9. The van der Waals surface area contributed by atoms with Crippen LogP contribution in [-0.2, 0) is 0 Å². The SMILES string of the molecule is COc1cc2c(Oc3ccc4[nH]c(C)cc4c3F)ncnc2cc1OC[C@@H]1CCCN1C(C)(C)C. The van der Waals surface area contributed by atoms with Crippen LogP contribution >= 0.6 is 0 Å². The van der Waals surface area contributed by atoms with E-state index in [9.17, 15) is 0 Å². The largest absolute Gasteiger partial charge is 0.493 e. The highest BCUT2D eigenvalue weighted by atomic mass is 19.1. The monoisotopic (exact) mass is 478 g/mol. The topological polar surface area (TPSA) is 72.5 Å². The first-order valence-corrected chi connectivity index (χ1v) is 11.9. The number of hydrogen-bond donors (Lipinski definition) is 1. The van der Waals surface area contributed by atoms with Crippen molar-refractivity contribution >= 4 is 21.8 Å². The number of rotatable bonds is 6. The molecule has 3 heterocycles. The number of likely N-dealkylation sites (tertiary alicyclic amines) is 1. The number of aromatic amines is 1. The Morgan fingerprint density at radius 2 is 1.91 bits per heavy atom. The summed E-state index contributed by atoms with van der Waals surface area (Å²) >= 11 is 0. The lowest BCUT2D eigenvalue weighted by molar-refractivity contribution is 0.0869. The molecule has 1 N–H and O–H groups in total. The maximum atomic E-state index is 15.1. The number of methoxy groups -OCH3 is 1. The van der Waals surface area contributed by atoms with E-state index in [-0.39, 0.29) is 17.2 Å². The molecule has 0 amide bonds. The van der Waals surface area contributed by atoms with E-state index in [4.69, 9.17) is 14.2 Å². The van der Waals surface area contributed by atoms with Gasteiger partial charge in [0.05, 0.1) is 18.0 Å². The van der Waals surface area contributed by atoms with Crippen molar-refractivity contribution in [1.29, 1.82) is 0 Å². The number of benzene rings is 2. The van der Waals surface area contributed by atoms with Gasteiger partial charge in [0, 0.05) is 34.2 Å². The Balaban J connectivity index is 1.43. The van der Waals surface area contributed by atoms with Crippen LogP contribution in [0.15, 0.2) is 36.7 Å². The van der Waals surface area contributed by atoms with Gasteiger partial charge in [-0.1, -0.05) is 0 Å². The number of hydrogen-bond acceptors (Lipinski definition) is 6. The molecule has 5 rings (SSSR count). The number of aryl methyl sites for hydroxylation is 1. The van der Waals surface area contributed by atoms with Crippen molar-refractivity contribution in [2.45, 2.75) is 52.1 Å². The predicted octanol–water partition coefficient (Wildman–Crippen LogP) is 6.00. The van der Waals surface area contributed by atoms with E-state index in [0.29, 0.717) is 40.4 Å². The zero-order valence-corrected chi connectivity index (χ0v) is 20.8. The van der Waals surface area contributed by atoms with Crippen LogP contribution in [0, 0.1) is 12.7 Å². The van der Waals surface area contributed by atoms with Crippen LogP contribution in [-0.4, -0.2) is 51.7 Å². The molecule has 35 heavy (non-hydrogen) atoms. The summed E-state index contributed by atoms with van der Waals surface area (Å²) in [6.07, 6.45) is 3.67. The summed E-state index contributed by atoms with van der Waals surface area (Å²) in [4.78, 5) is 14.3. The predicted molar refractivity (Wildman–Crippen MR) is 134 cm³/mol. The number of halogens is 1. The van der Waals surface area contributed by atoms with Crippen LogP contribution in [0.3, 0.4) is 0 Å². The molecule has 7 nitrogen and oxygen atoms in total. The van der Waals surface area contributed by atoms with Crippen LogP contribution in [0.1, 0.15) is 39.3 Å². The summed E-state index contributed by atoms with van der Waals surface area (Å²) < 4.78 is 32.9. The van der Waals surface area contributed by atoms with Crippen LogP contribution < -0.4 is 14.2 Å². The average Bonchev–Trinajstić information content (AvgIpc) is 3.45. The fourth-order valence-electron chi connectivity index (χ4n) is 4.94. The van der Waals surface area contributed by atoms with E-state index in [1.54, 1.807) is 31.4 Å². The molecular formula is C27H31FN4O3. The Labute approximate surface area is 204 Å². The fraction of sp³-hybridized carbons (Fsp3) is 0.407. The first-order chi connectivity index (χ1) is 16.7. The average molecular weight is 479 g/mol. The van der Waals surface area contributed by atoms with Crippen molar-refractivity contribution in [1.82, 2.24) is 19.9 Å². The lowest BCUT2D eigenvalue weighted by Crippen LogP contribution is -2.46. The van der Waals surface area contributed by atoms with Crippen LogP contribution in [0.2, 0.25) is 0 Å². The van der Waals surface area contributed by atoms with Gasteiger partial charge in [0.1, 0.15) is 12.9 Å². The van der Waals surface area contributed by atoms with Crippen LogP contribution in [0.4, 0.5) is 4.39 Å². The summed E-state index contributed by atoms with van der Waals surface area (Å²) in [6, 6.07) is 9.10. The van der Waals surface area contributed by atoms with Gasteiger partial charge in [-0.2, -0.15) is 0 Å². The first kappa shape index (κ1) is 23.4. The standard InChI is InChI=1S/C27H31FN4O3/c1-16-11-18-20(31-16)8-9-22(25(18)28)35-26-19-12-23(33-5)24(13-21(19)29-15-30-26)34-14-17-7-6-10-32(17)27(2,3)4/h8-9,11-13,15,17,31H,6-7,10,14H2,1-5H3/t17-/m0/s1. The number of aromatic nitrogens is 3. The van der Waals surface area contributed by atoms with E-state index in [0.717, 1.165) is 24.2 Å². The third kappa shape index (κ3) is 4.50. The van der Waals surface area contributed by atoms with E-state index in [1.807, 2.05) is 13.0 Å². The Kier molecular flexibility index (Phi) is 6.01. The summed E-state index contributed by atoms with van der Waals surface area (Å²) in [5, 5.41) is 1.08. The molecule has 0 spiro atoms. The smallest absolute Gasteiger partial charge is 0.230 e. The van der Waals surface area contributed by atoms with Crippen molar-refractivity contribution in [3.05, 3.63) is 48.2 Å². The van der Waals surface area contributed by atoms with E-state index in [2.05, 4.69) is 40.6 Å². The molecule has 4 aromatic rings. The third-order valence-corrected chi connectivity index (χ3v) is 6.60. The highest BCUT2D eigenvalue weighted by Gasteiger charge is 2.33. The van der Waals surface area contributed by atoms with Crippen molar-refractivity contribution in [3.63, 3.8) is 0 Å². The van der Waals surface area contributed by atoms with E-state index in [1.165, 1.54) is 12.7 Å². The number of ether oxygens (including phenoxy) is 3. The highest BCUT2D eigenvalue weighted by molar-refractivity contribution is 5.87. The molecule has 0 bridgehead atoms. The molecular weight excluding hydrogens is 447 g/mol. The molecule has 1 fully saturated rings. The van der Waals surface area contributed by atoms with Gasteiger partial charge in [-0.05, 0) is 71.3 Å². The zero-order valence-electron chi connectivity index (χ0n) is 20.8. The molecule has 1 aliphatic rings. The molecule has 1 saturated heterocycles. The number of nitrogens with one attached hydrogen (secondary N) is 1. The summed E-state index contributed by atoms with van der Waals surface area (Å²) in [6.45, 7) is 10.2. The highest BCUT2D eigenvalue weighted by Crippen LogP contribution is 2.38. The van der Waals surface area contributed by atoms with E-state index < -0.39 is 5.82 Å². The van der Waals surface area contributed by atoms with Gasteiger partial charge in [-0.25, -0.2) is 14.4 Å². The second-order valence-electron chi connectivity index (χ2n) is 10.1. The molecule has 0 unspecified atom stereocenters. The van der Waals surface area contributed by atoms with Gasteiger partial charge in [-0.3, -0.25) is 4.90 Å². The van der Waals surface area contributed by atoms with Gasteiger partial charge in [-0.15, -0.1) is 0 Å². The summed E-state index contributed by atoms with van der Waals surface area (Å²) in [5.74, 6) is 1.07. The normalized spacial score (nSPS) is 16.8. The Hall–Kier alpha value is -3.39. The Bertz CT molecular complexity index is 1380. The quantitative estimate of drug-likeness (QED) is 0.366. The van der Waals surface area contributed by atoms with Gasteiger partial charge < -0.3 is 19.2 Å². The minimum absolute atomic E-state index is 0.0921. The van der Waals surface area contributed by atoms with Crippen LogP contribution in [0.25, 0.3) is 21.8 Å². The minimum atomic E-state index is -0.439. The van der Waals surface area contributed by atoms with Gasteiger partial charge >= 0.3 is 0 Å². The van der Waals surface area contributed by atoms with Crippen LogP contribution in [0.5, 0.6) is 23.1 Å². The van der Waals surface area contributed by atoms with Crippen molar-refractivity contribution in [2.75, 3.05) is 20.3 Å². The minimum Gasteiger partial charge on any atom is -0.493 e. The van der Waals surface area contributed by atoms with Crippen molar-refractivity contribution in [3.8, 4) is 23.1 Å². The number of nitrogens with zero attached hydrogens (tertiary/aromatic N) is 3. The molecule has 0 aliphatic carbocycles. The number of fused-ring (bicyclic) bond motifs is 2. The molecule has 8 heteroatoms. The fourth-order valence-corrected chi connectivity index (χ4v) is 4.94. The van der Waals surface area contributed by atoms with E-state index >= 15 is 4.39 Å². The lowest BCUT2D eigenvalue weighted by atomic mass is 10.1. The molecule has 1 atom stereocenters. The number of H-pyrrole nitrogens is 1. The molecule has 0 radical (unpaired) electrons. The van der Waals surface area contributed by atoms with Gasteiger partial charge in [0.2, 0.25) is 5.88 Å². The second kappa shape index (κ2) is 9.00. The lowest BCUT2D eigenvalue weighted by Gasteiger charge is -2.36. The summed E-state index contributed by atoms with van der Waals surface area (Å²) in [7, 11) is 1.59. The zero-order chi connectivity index (χ0) is 24.7. The molecule has 2 aromatic heterocycles.